The topological polar surface area (TPSA) is 72.6 Å². The summed E-state index contributed by atoms with van der Waals surface area (Å²) >= 11 is 0. The minimum absolute atomic E-state index is 0.0614. The van der Waals surface area contributed by atoms with Crippen molar-refractivity contribution >= 4 is 17.1 Å². The molecule has 1 aromatic heterocycles. The Morgan fingerprint density at radius 3 is 3.00 bits per heavy atom. The van der Waals surface area contributed by atoms with E-state index in [9.17, 15) is 4.79 Å². The number of oxazole rings is 1. The minimum atomic E-state index is -1.00. The molecule has 0 saturated carbocycles. The first kappa shape index (κ1) is 11.2. The molecule has 1 aliphatic rings. The Labute approximate surface area is 103 Å². The third-order valence-corrected chi connectivity index (χ3v) is 3.36. The summed E-state index contributed by atoms with van der Waals surface area (Å²) in [5.41, 5.74) is 1.08. The van der Waals surface area contributed by atoms with Gasteiger partial charge >= 0.3 is 5.97 Å². The van der Waals surface area contributed by atoms with Crippen LogP contribution in [0.5, 0.6) is 0 Å². The molecule has 5 heteroatoms. The normalized spacial score (nSPS) is 23.6. The Hall–Kier alpha value is -1.88. The van der Waals surface area contributed by atoms with Crippen LogP contribution in [-0.2, 0) is 4.74 Å². The zero-order valence-corrected chi connectivity index (χ0v) is 9.92. The van der Waals surface area contributed by atoms with Crippen molar-refractivity contribution in [1.82, 2.24) is 4.98 Å². The summed E-state index contributed by atoms with van der Waals surface area (Å²) in [6.07, 6.45) is 0.919. The van der Waals surface area contributed by atoms with Crippen molar-refractivity contribution in [2.24, 2.45) is 0 Å². The van der Waals surface area contributed by atoms with E-state index in [1.807, 2.05) is 6.92 Å². The molecule has 0 radical (unpaired) electrons. The molecule has 0 aliphatic carbocycles. The molecule has 1 fully saturated rings. The molecule has 1 saturated heterocycles. The van der Waals surface area contributed by atoms with E-state index in [0.717, 1.165) is 6.42 Å². The van der Waals surface area contributed by atoms with Crippen LogP contribution in [0.2, 0.25) is 0 Å². The van der Waals surface area contributed by atoms with Crippen LogP contribution in [0.25, 0.3) is 11.1 Å². The van der Waals surface area contributed by atoms with E-state index >= 15 is 0 Å². The van der Waals surface area contributed by atoms with E-state index in [2.05, 4.69) is 4.98 Å². The molecular weight excluding hydrogens is 234 g/mol. The van der Waals surface area contributed by atoms with Crippen molar-refractivity contribution < 1.29 is 19.1 Å². The molecule has 1 N–H and O–H groups in total. The van der Waals surface area contributed by atoms with E-state index in [0.29, 0.717) is 23.6 Å². The average Bonchev–Trinajstić information content (AvgIpc) is 2.92. The Balaban J connectivity index is 2.11. The summed E-state index contributed by atoms with van der Waals surface area (Å²) in [5.74, 6) is -0.318. The quantitative estimate of drug-likeness (QED) is 0.882. The van der Waals surface area contributed by atoms with Crippen LogP contribution in [-0.4, -0.2) is 28.8 Å². The van der Waals surface area contributed by atoms with Gasteiger partial charge in [-0.3, -0.25) is 0 Å². The van der Waals surface area contributed by atoms with Gasteiger partial charge in [0.2, 0.25) is 5.89 Å². The highest BCUT2D eigenvalue weighted by Crippen LogP contribution is 2.33. The lowest BCUT2D eigenvalue weighted by molar-refractivity contribution is 0.0698. The van der Waals surface area contributed by atoms with E-state index in [4.69, 9.17) is 14.3 Å². The zero-order valence-electron chi connectivity index (χ0n) is 9.92. The fourth-order valence-corrected chi connectivity index (χ4v) is 2.35. The number of carboxylic acids is 1. The number of rotatable bonds is 2. The minimum Gasteiger partial charge on any atom is -0.478 e. The molecule has 2 unspecified atom stereocenters. The SMILES string of the molecule is CC1OCCC1c1nc2cccc(C(=O)O)c2o1. The Bertz CT molecular complexity index is 604. The molecule has 1 aromatic carbocycles. The van der Waals surface area contributed by atoms with Gasteiger partial charge in [0.15, 0.2) is 5.58 Å². The molecule has 0 bridgehead atoms. The molecule has 2 aromatic rings. The number of hydrogen-bond acceptors (Lipinski definition) is 4. The summed E-state index contributed by atoms with van der Waals surface area (Å²) in [5, 5.41) is 9.10. The van der Waals surface area contributed by atoms with Crippen LogP contribution in [0.15, 0.2) is 22.6 Å². The largest absolute Gasteiger partial charge is 0.478 e. The lowest BCUT2D eigenvalue weighted by atomic mass is 10.0. The lowest BCUT2D eigenvalue weighted by Crippen LogP contribution is -2.09. The van der Waals surface area contributed by atoms with E-state index in [1.54, 1.807) is 12.1 Å². The summed E-state index contributed by atoms with van der Waals surface area (Å²) in [6, 6.07) is 4.95. The fourth-order valence-electron chi connectivity index (χ4n) is 2.35. The molecule has 18 heavy (non-hydrogen) atoms. The summed E-state index contributed by atoms with van der Waals surface area (Å²) in [7, 11) is 0. The number of benzene rings is 1. The Morgan fingerprint density at radius 2 is 2.33 bits per heavy atom. The number of carboxylic acid groups (broad SMARTS) is 1. The van der Waals surface area contributed by atoms with Gasteiger partial charge in [-0.25, -0.2) is 9.78 Å². The molecule has 0 amide bonds. The number of fused-ring (bicyclic) bond motifs is 1. The number of ether oxygens (including phenoxy) is 1. The molecule has 5 nitrogen and oxygen atoms in total. The van der Waals surface area contributed by atoms with Gasteiger partial charge in [-0.1, -0.05) is 6.07 Å². The van der Waals surface area contributed by atoms with Crippen LogP contribution < -0.4 is 0 Å². The van der Waals surface area contributed by atoms with Gasteiger partial charge in [0.25, 0.3) is 0 Å². The Morgan fingerprint density at radius 1 is 1.50 bits per heavy atom. The maximum Gasteiger partial charge on any atom is 0.339 e. The van der Waals surface area contributed by atoms with Crippen LogP contribution in [0.4, 0.5) is 0 Å². The fraction of sp³-hybridized carbons (Fsp3) is 0.385. The van der Waals surface area contributed by atoms with Gasteiger partial charge in [-0.15, -0.1) is 0 Å². The summed E-state index contributed by atoms with van der Waals surface area (Å²) < 4.78 is 11.1. The van der Waals surface area contributed by atoms with Crippen LogP contribution in [0.1, 0.15) is 35.5 Å². The first-order valence-electron chi connectivity index (χ1n) is 5.91. The van der Waals surface area contributed by atoms with Crippen molar-refractivity contribution in [1.29, 1.82) is 0 Å². The number of aromatic carboxylic acids is 1. The molecule has 0 spiro atoms. The van der Waals surface area contributed by atoms with Crippen LogP contribution >= 0.6 is 0 Å². The highest BCUT2D eigenvalue weighted by molar-refractivity contribution is 5.99. The number of para-hydroxylation sites is 1. The molecule has 94 valence electrons. The number of carbonyl (C=O) groups is 1. The average molecular weight is 247 g/mol. The lowest BCUT2D eigenvalue weighted by Gasteiger charge is -2.08. The molecular formula is C13H13NO4. The highest BCUT2D eigenvalue weighted by atomic mass is 16.5. The van der Waals surface area contributed by atoms with Gasteiger partial charge in [0, 0.05) is 6.61 Å². The third kappa shape index (κ3) is 1.67. The third-order valence-electron chi connectivity index (χ3n) is 3.36. The predicted octanol–water partition coefficient (Wildman–Crippen LogP) is 2.42. The summed E-state index contributed by atoms with van der Waals surface area (Å²) in [4.78, 5) is 15.5. The number of nitrogens with zero attached hydrogens (tertiary/aromatic N) is 1. The molecule has 1 aliphatic heterocycles. The number of hydrogen-bond donors (Lipinski definition) is 1. The standard InChI is InChI=1S/C13H13NO4/c1-7-8(5-6-17-7)12-14-10-4-2-3-9(13(15)16)11(10)18-12/h2-4,7-8H,5-6H2,1H3,(H,15,16). The van der Waals surface area contributed by atoms with Crippen molar-refractivity contribution in [3.8, 4) is 0 Å². The van der Waals surface area contributed by atoms with Crippen molar-refractivity contribution in [2.75, 3.05) is 6.61 Å². The maximum absolute atomic E-state index is 11.1. The van der Waals surface area contributed by atoms with Crippen molar-refractivity contribution in [3.05, 3.63) is 29.7 Å². The van der Waals surface area contributed by atoms with E-state index in [1.165, 1.54) is 6.07 Å². The molecule has 3 rings (SSSR count). The van der Waals surface area contributed by atoms with Crippen LogP contribution in [0, 0.1) is 0 Å². The van der Waals surface area contributed by atoms with Gasteiger partial charge in [-0.05, 0) is 25.5 Å². The maximum atomic E-state index is 11.1. The van der Waals surface area contributed by atoms with Crippen LogP contribution in [0.3, 0.4) is 0 Å². The van der Waals surface area contributed by atoms with Gasteiger partial charge in [0.05, 0.1) is 12.0 Å². The molecule has 2 atom stereocenters. The van der Waals surface area contributed by atoms with Crippen molar-refractivity contribution in [2.45, 2.75) is 25.4 Å². The first-order valence-corrected chi connectivity index (χ1v) is 5.91. The smallest absolute Gasteiger partial charge is 0.339 e. The van der Waals surface area contributed by atoms with Gasteiger partial charge in [-0.2, -0.15) is 0 Å². The van der Waals surface area contributed by atoms with E-state index in [-0.39, 0.29) is 17.6 Å². The first-order chi connectivity index (χ1) is 8.66. The Kier molecular flexibility index (Phi) is 2.56. The van der Waals surface area contributed by atoms with E-state index < -0.39 is 5.97 Å². The second-order valence-corrected chi connectivity index (χ2v) is 4.48. The second-order valence-electron chi connectivity index (χ2n) is 4.48. The monoisotopic (exact) mass is 247 g/mol. The molecule has 2 heterocycles. The second kappa shape index (κ2) is 4.10. The van der Waals surface area contributed by atoms with Crippen molar-refractivity contribution in [3.63, 3.8) is 0 Å². The van der Waals surface area contributed by atoms with Gasteiger partial charge in [0.1, 0.15) is 11.1 Å². The highest BCUT2D eigenvalue weighted by Gasteiger charge is 2.30. The number of aromatic nitrogens is 1. The van der Waals surface area contributed by atoms with Gasteiger partial charge < -0.3 is 14.3 Å². The summed E-state index contributed by atoms with van der Waals surface area (Å²) in [6.45, 7) is 2.67. The zero-order chi connectivity index (χ0) is 12.7. The predicted molar refractivity (Wildman–Crippen MR) is 63.7 cm³/mol.